The fraction of sp³-hybridized carbons (Fsp3) is 0.500. The van der Waals surface area contributed by atoms with Gasteiger partial charge in [0.05, 0.1) is 23.1 Å². The number of halogens is 1. The largest absolute Gasteiger partial charge is 0.468 e. The van der Waals surface area contributed by atoms with Gasteiger partial charge >= 0.3 is 0 Å². The summed E-state index contributed by atoms with van der Waals surface area (Å²) in [4.78, 5) is 15.3. The molecule has 3 heterocycles. The van der Waals surface area contributed by atoms with Crippen molar-refractivity contribution in [3.05, 3.63) is 54.2 Å². The molecule has 9 heteroatoms. The first kappa shape index (κ1) is 22.0. The first-order valence-corrected chi connectivity index (χ1v) is 12.2. The van der Waals surface area contributed by atoms with Crippen molar-refractivity contribution in [3.8, 4) is 0 Å². The summed E-state index contributed by atoms with van der Waals surface area (Å²) in [5.74, 6) is -0.222. The second-order valence-electron chi connectivity index (χ2n) is 8.18. The van der Waals surface area contributed by atoms with E-state index in [9.17, 15) is 17.6 Å². The first-order chi connectivity index (χ1) is 14.9. The third-order valence-corrected chi connectivity index (χ3v) is 8.01. The van der Waals surface area contributed by atoms with E-state index >= 15 is 0 Å². The summed E-state index contributed by atoms with van der Waals surface area (Å²) in [5, 5.41) is 3.03. The van der Waals surface area contributed by atoms with Gasteiger partial charge in [0, 0.05) is 19.6 Å². The summed E-state index contributed by atoms with van der Waals surface area (Å²) in [6.45, 7) is 2.84. The first-order valence-electron chi connectivity index (χ1n) is 10.8. The van der Waals surface area contributed by atoms with Crippen molar-refractivity contribution >= 4 is 15.9 Å². The molecular weight excluding hydrogens is 421 g/mol. The molecule has 2 aromatic rings. The number of rotatable bonds is 7. The highest BCUT2D eigenvalue weighted by atomic mass is 32.2. The molecule has 0 aliphatic carbocycles. The normalized spacial score (nSPS) is 21.8. The van der Waals surface area contributed by atoms with Crippen LogP contribution in [-0.2, 0) is 14.8 Å². The number of sulfonamides is 1. The molecule has 2 atom stereocenters. The van der Waals surface area contributed by atoms with Gasteiger partial charge in [-0.05, 0) is 75.2 Å². The van der Waals surface area contributed by atoms with Gasteiger partial charge in [0.25, 0.3) is 0 Å². The molecule has 1 N–H and O–H groups in total. The minimum absolute atomic E-state index is 0.0240. The molecule has 1 amide bonds. The number of amides is 1. The number of nitrogens with one attached hydrogen (secondary N) is 1. The van der Waals surface area contributed by atoms with Crippen LogP contribution in [0, 0.1) is 11.7 Å². The number of carbonyl (C=O) groups excluding carboxylic acids is 1. The summed E-state index contributed by atoms with van der Waals surface area (Å²) in [6.07, 6.45) is 5.14. The number of hydrogen-bond donors (Lipinski definition) is 1. The van der Waals surface area contributed by atoms with E-state index in [1.165, 1.54) is 16.4 Å². The van der Waals surface area contributed by atoms with Crippen LogP contribution >= 0.6 is 0 Å². The van der Waals surface area contributed by atoms with Crippen LogP contribution in [0.25, 0.3) is 0 Å². The van der Waals surface area contributed by atoms with Crippen molar-refractivity contribution in [2.24, 2.45) is 5.92 Å². The van der Waals surface area contributed by atoms with Gasteiger partial charge in [0.1, 0.15) is 11.6 Å². The van der Waals surface area contributed by atoms with Crippen molar-refractivity contribution in [2.75, 3.05) is 32.7 Å². The Morgan fingerprint density at radius 1 is 1.13 bits per heavy atom. The number of carbonyl (C=O) groups is 1. The van der Waals surface area contributed by atoms with Crippen molar-refractivity contribution in [2.45, 2.75) is 36.6 Å². The third kappa shape index (κ3) is 4.99. The summed E-state index contributed by atoms with van der Waals surface area (Å²) >= 11 is 0. The number of likely N-dealkylation sites (tertiary alicyclic amines) is 1. The molecule has 31 heavy (non-hydrogen) atoms. The lowest BCUT2D eigenvalue weighted by atomic mass is 9.98. The van der Waals surface area contributed by atoms with Gasteiger partial charge in [0.2, 0.25) is 15.9 Å². The van der Waals surface area contributed by atoms with Gasteiger partial charge in [-0.1, -0.05) is 0 Å². The number of hydrogen-bond acceptors (Lipinski definition) is 5. The van der Waals surface area contributed by atoms with E-state index in [0.717, 1.165) is 43.8 Å². The molecule has 2 fully saturated rings. The van der Waals surface area contributed by atoms with E-state index < -0.39 is 21.8 Å². The van der Waals surface area contributed by atoms with E-state index in [1.54, 1.807) is 6.26 Å². The van der Waals surface area contributed by atoms with Crippen molar-refractivity contribution in [3.63, 3.8) is 0 Å². The van der Waals surface area contributed by atoms with Crippen LogP contribution in [0.3, 0.4) is 0 Å². The van der Waals surface area contributed by atoms with Crippen molar-refractivity contribution in [1.29, 1.82) is 0 Å². The topological polar surface area (TPSA) is 82.9 Å². The van der Waals surface area contributed by atoms with E-state index in [4.69, 9.17) is 4.42 Å². The van der Waals surface area contributed by atoms with Crippen LogP contribution in [0.15, 0.2) is 52.0 Å². The number of piperidine rings is 1. The molecule has 2 saturated heterocycles. The average Bonchev–Trinajstić information content (AvgIpc) is 3.49. The molecule has 0 unspecified atom stereocenters. The standard InChI is InChI=1S/C22H28FN3O4S/c23-18-7-9-19(10-8-18)31(28,29)26-13-3-5-17(16-26)22(27)24-15-20(21-6-4-14-30-21)25-11-1-2-12-25/h4,6-10,14,17,20H,1-3,5,11-13,15-16H2,(H,24,27)/t17-,20-/m0/s1. The van der Waals surface area contributed by atoms with Crippen LogP contribution in [0.5, 0.6) is 0 Å². The zero-order valence-corrected chi connectivity index (χ0v) is 18.2. The Bertz CT molecular complexity index is 973. The average molecular weight is 450 g/mol. The van der Waals surface area contributed by atoms with Gasteiger partial charge in [-0.2, -0.15) is 4.31 Å². The van der Waals surface area contributed by atoms with E-state index in [1.807, 2.05) is 12.1 Å². The van der Waals surface area contributed by atoms with Gasteiger partial charge in [-0.25, -0.2) is 12.8 Å². The minimum Gasteiger partial charge on any atom is -0.468 e. The minimum atomic E-state index is -3.76. The quantitative estimate of drug-likeness (QED) is 0.703. The molecular formula is C22H28FN3O4S. The Labute approximate surface area is 182 Å². The molecule has 4 rings (SSSR count). The third-order valence-electron chi connectivity index (χ3n) is 6.13. The van der Waals surface area contributed by atoms with Crippen LogP contribution in [0.2, 0.25) is 0 Å². The maximum Gasteiger partial charge on any atom is 0.243 e. The van der Waals surface area contributed by atoms with E-state index in [-0.39, 0.29) is 23.4 Å². The van der Waals surface area contributed by atoms with Gasteiger partial charge in [-0.15, -0.1) is 0 Å². The molecule has 0 radical (unpaired) electrons. The predicted octanol–water partition coefficient (Wildman–Crippen LogP) is 2.77. The second-order valence-corrected chi connectivity index (χ2v) is 10.1. The van der Waals surface area contributed by atoms with Gasteiger partial charge < -0.3 is 9.73 Å². The SMILES string of the molecule is O=C(NC[C@@H](c1ccco1)N1CCCC1)[C@H]1CCCN(S(=O)(=O)c2ccc(F)cc2)C1. The molecule has 2 aliphatic heterocycles. The monoisotopic (exact) mass is 449 g/mol. The smallest absolute Gasteiger partial charge is 0.243 e. The Balaban J connectivity index is 1.39. The lowest BCUT2D eigenvalue weighted by Crippen LogP contribution is -2.46. The molecule has 1 aromatic heterocycles. The summed E-state index contributed by atoms with van der Waals surface area (Å²) in [5.41, 5.74) is 0. The Kier molecular flexibility index (Phi) is 6.74. The van der Waals surface area contributed by atoms with Gasteiger partial charge in [0.15, 0.2) is 0 Å². The summed E-state index contributed by atoms with van der Waals surface area (Å²) in [7, 11) is -3.76. The maximum absolute atomic E-state index is 13.2. The highest BCUT2D eigenvalue weighted by molar-refractivity contribution is 7.89. The zero-order chi connectivity index (χ0) is 21.8. The van der Waals surface area contributed by atoms with E-state index in [0.29, 0.717) is 25.9 Å². The molecule has 1 aromatic carbocycles. The Morgan fingerprint density at radius 2 is 1.87 bits per heavy atom. The highest BCUT2D eigenvalue weighted by Crippen LogP contribution is 2.27. The van der Waals surface area contributed by atoms with Crippen LogP contribution in [0.4, 0.5) is 4.39 Å². The van der Waals surface area contributed by atoms with E-state index in [2.05, 4.69) is 10.2 Å². The fourth-order valence-electron chi connectivity index (χ4n) is 4.42. The molecule has 0 spiro atoms. The maximum atomic E-state index is 13.2. The predicted molar refractivity (Wildman–Crippen MR) is 113 cm³/mol. The number of benzene rings is 1. The van der Waals surface area contributed by atoms with Crippen molar-refractivity contribution < 1.29 is 22.0 Å². The van der Waals surface area contributed by atoms with Crippen LogP contribution in [0.1, 0.15) is 37.5 Å². The van der Waals surface area contributed by atoms with Crippen LogP contribution in [-0.4, -0.2) is 56.3 Å². The summed E-state index contributed by atoms with van der Waals surface area (Å²) < 4.78 is 45.9. The molecule has 0 bridgehead atoms. The zero-order valence-electron chi connectivity index (χ0n) is 17.4. The second kappa shape index (κ2) is 9.50. The number of furan rings is 1. The van der Waals surface area contributed by atoms with Gasteiger partial charge in [-0.3, -0.25) is 9.69 Å². The highest BCUT2D eigenvalue weighted by Gasteiger charge is 2.34. The van der Waals surface area contributed by atoms with Crippen LogP contribution < -0.4 is 5.32 Å². The number of nitrogens with zero attached hydrogens (tertiary/aromatic N) is 2. The molecule has 0 saturated carbocycles. The lowest BCUT2D eigenvalue weighted by molar-refractivity contribution is -0.126. The van der Waals surface area contributed by atoms with Crippen molar-refractivity contribution in [1.82, 2.24) is 14.5 Å². The molecule has 2 aliphatic rings. The fourth-order valence-corrected chi connectivity index (χ4v) is 5.94. The summed E-state index contributed by atoms with van der Waals surface area (Å²) in [6, 6.07) is 8.54. The molecule has 7 nitrogen and oxygen atoms in total. The lowest BCUT2D eigenvalue weighted by Gasteiger charge is -2.32. The Morgan fingerprint density at radius 3 is 2.55 bits per heavy atom. The Hall–Kier alpha value is -2.23. The molecule has 168 valence electrons.